The zero-order chi connectivity index (χ0) is 13.8. The van der Waals surface area contributed by atoms with Crippen LogP contribution in [0.25, 0.3) is 0 Å². The molecule has 1 N–H and O–H groups in total. The summed E-state index contributed by atoms with van der Waals surface area (Å²) < 4.78 is 0. The SMILES string of the molecule is CNC1CCC(C(C)C)CC1Cc1ccc(C)cc1. The predicted octanol–water partition coefficient (Wildman–Crippen LogP) is 4.20. The van der Waals surface area contributed by atoms with Crippen LogP contribution in [0.5, 0.6) is 0 Å². The van der Waals surface area contributed by atoms with Gasteiger partial charge in [-0.2, -0.15) is 0 Å². The van der Waals surface area contributed by atoms with Crippen LogP contribution >= 0.6 is 0 Å². The Hall–Kier alpha value is -0.820. The van der Waals surface area contributed by atoms with E-state index in [0.717, 1.165) is 17.8 Å². The molecule has 1 heteroatoms. The lowest BCUT2D eigenvalue weighted by molar-refractivity contribution is 0.173. The molecule has 1 aliphatic carbocycles. The van der Waals surface area contributed by atoms with Crippen molar-refractivity contribution < 1.29 is 0 Å². The van der Waals surface area contributed by atoms with Gasteiger partial charge in [-0.3, -0.25) is 0 Å². The highest BCUT2D eigenvalue weighted by Crippen LogP contribution is 2.35. The lowest BCUT2D eigenvalue weighted by atomic mass is 9.72. The van der Waals surface area contributed by atoms with Crippen molar-refractivity contribution in [2.24, 2.45) is 17.8 Å². The molecular weight excluding hydrogens is 230 g/mol. The molecule has 0 aromatic heterocycles. The Kier molecular flexibility index (Phi) is 5.04. The van der Waals surface area contributed by atoms with Crippen molar-refractivity contribution in [2.45, 2.75) is 52.5 Å². The summed E-state index contributed by atoms with van der Waals surface area (Å²) in [5.41, 5.74) is 2.86. The number of aryl methyl sites for hydroxylation is 1. The van der Waals surface area contributed by atoms with E-state index in [0.29, 0.717) is 6.04 Å². The lowest BCUT2D eigenvalue weighted by Gasteiger charge is -2.38. The molecule has 0 amide bonds. The molecule has 1 fully saturated rings. The first-order valence-corrected chi connectivity index (χ1v) is 7.83. The normalized spacial score (nSPS) is 27.7. The highest BCUT2D eigenvalue weighted by molar-refractivity contribution is 5.22. The Bertz CT molecular complexity index is 379. The van der Waals surface area contributed by atoms with Gasteiger partial charge < -0.3 is 5.32 Å². The fourth-order valence-corrected chi connectivity index (χ4v) is 3.54. The molecule has 1 saturated carbocycles. The zero-order valence-corrected chi connectivity index (χ0v) is 12.9. The second kappa shape index (κ2) is 6.56. The van der Waals surface area contributed by atoms with Crippen LogP contribution in [0.3, 0.4) is 0 Å². The molecule has 1 nitrogen and oxygen atoms in total. The second-order valence-corrected chi connectivity index (χ2v) is 6.66. The zero-order valence-electron chi connectivity index (χ0n) is 12.9. The van der Waals surface area contributed by atoms with E-state index in [1.165, 1.54) is 36.8 Å². The van der Waals surface area contributed by atoms with Gasteiger partial charge in [-0.1, -0.05) is 43.7 Å². The largest absolute Gasteiger partial charge is 0.317 e. The molecule has 3 unspecified atom stereocenters. The molecule has 106 valence electrons. The number of nitrogens with one attached hydrogen (secondary N) is 1. The van der Waals surface area contributed by atoms with Gasteiger partial charge in [0.15, 0.2) is 0 Å². The van der Waals surface area contributed by atoms with Crippen LogP contribution in [0.1, 0.15) is 44.2 Å². The topological polar surface area (TPSA) is 12.0 Å². The third-order valence-electron chi connectivity index (χ3n) is 4.96. The second-order valence-electron chi connectivity index (χ2n) is 6.66. The Balaban J connectivity index is 2.03. The predicted molar refractivity (Wildman–Crippen MR) is 83.4 cm³/mol. The molecular formula is C18H29N. The maximum atomic E-state index is 3.55. The van der Waals surface area contributed by atoms with E-state index in [1.54, 1.807) is 0 Å². The van der Waals surface area contributed by atoms with Gasteiger partial charge in [-0.05, 0) is 63.0 Å². The van der Waals surface area contributed by atoms with Crippen LogP contribution in [0, 0.1) is 24.7 Å². The van der Waals surface area contributed by atoms with Crippen LogP contribution in [0.15, 0.2) is 24.3 Å². The van der Waals surface area contributed by atoms with E-state index >= 15 is 0 Å². The fourth-order valence-electron chi connectivity index (χ4n) is 3.54. The quantitative estimate of drug-likeness (QED) is 0.854. The number of rotatable bonds is 4. The molecule has 2 rings (SSSR count). The number of benzene rings is 1. The molecule has 19 heavy (non-hydrogen) atoms. The summed E-state index contributed by atoms with van der Waals surface area (Å²) in [6.45, 7) is 6.93. The molecule has 0 heterocycles. The first-order valence-electron chi connectivity index (χ1n) is 7.83. The van der Waals surface area contributed by atoms with Gasteiger partial charge in [0.25, 0.3) is 0 Å². The van der Waals surface area contributed by atoms with E-state index in [2.05, 4.69) is 57.4 Å². The van der Waals surface area contributed by atoms with Crippen LogP contribution in [-0.4, -0.2) is 13.1 Å². The van der Waals surface area contributed by atoms with Crippen LogP contribution in [0.4, 0.5) is 0 Å². The molecule has 1 aromatic rings. The molecule has 0 aliphatic heterocycles. The maximum Gasteiger partial charge on any atom is 0.00957 e. The highest BCUT2D eigenvalue weighted by Gasteiger charge is 2.30. The van der Waals surface area contributed by atoms with Crippen molar-refractivity contribution in [3.63, 3.8) is 0 Å². The molecule has 0 radical (unpaired) electrons. The van der Waals surface area contributed by atoms with Crippen molar-refractivity contribution in [3.05, 3.63) is 35.4 Å². The summed E-state index contributed by atoms with van der Waals surface area (Å²) in [5.74, 6) is 2.55. The van der Waals surface area contributed by atoms with Gasteiger partial charge in [0.05, 0.1) is 0 Å². The van der Waals surface area contributed by atoms with Gasteiger partial charge in [0, 0.05) is 6.04 Å². The third kappa shape index (κ3) is 3.82. The minimum atomic E-state index is 0.705. The minimum absolute atomic E-state index is 0.705. The molecule has 1 aliphatic rings. The van der Waals surface area contributed by atoms with Gasteiger partial charge in [0.1, 0.15) is 0 Å². The Morgan fingerprint density at radius 2 is 1.84 bits per heavy atom. The first kappa shape index (κ1) is 14.6. The Morgan fingerprint density at radius 3 is 2.42 bits per heavy atom. The smallest absolute Gasteiger partial charge is 0.00957 e. The average molecular weight is 259 g/mol. The van der Waals surface area contributed by atoms with E-state index in [4.69, 9.17) is 0 Å². The Labute approximate surface area is 118 Å². The number of hydrogen-bond acceptors (Lipinski definition) is 1. The summed E-state index contributed by atoms with van der Waals surface area (Å²) in [4.78, 5) is 0. The fraction of sp³-hybridized carbons (Fsp3) is 0.667. The summed E-state index contributed by atoms with van der Waals surface area (Å²) >= 11 is 0. The van der Waals surface area contributed by atoms with Crippen molar-refractivity contribution in [1.82, 2.24) is 5.32 Å². The van der Waals surface area contributed by atoms with Gasteiger partial charge in [0.2, 0.25) is 0 Å². The molecule has 0 bridgehead atoms. The van der Waals surface area contributed by atoms with Crippen molar-refractivity contribution in [1.29, 1.82) is 0 Å². The summed E-state index contributed by atoms with van der Waals surface area (Å²) in [7, 11) is 2.13. The van der Waals surface area contributed by atoms with Crippen molar-refractivity contribution >= 4 is 0 Å². The van der Waals surface area contributed by atoms with E-state index in [1.807, 2.05) is 0 Å². The summed E-state index contributed by atoms with van der Waals surface area (Å²) in [6.07, 6.45) is 5.36. The Morgan fingerprint density at radius 1 is 1.16 bits per heavy atom. The van der Waals surface area contributed by atoms with E-state index in [-0.39, 0.29) is 0 Å². The standard InChI is InChI=1S/C18H29N/c1-13(2)16-9-10-18(19-4)17(12-16)11-15-7-5-14(3)6-8-15/h5-8,13,16-19H,9-12H2,1-4H3. The lowest BCUT2D eigenvalue weighted by Crippen LogP contribution is -2.40. The highest BCUT2D eigenvalue weighted by atomic mass is 14.9. The van der Waals surface area contributed by atoms with E-state index in [9.17, 15) is 0 Å². The van der Waals surface area contributed by atoms with Gasteiger partial charge >= 0.3 is 0 Å². The van der Waals surface area contributed by atoms with Crippen molar-refractivity contribution in [3.8, 4) is 0 Å². The summed E-state index contributed by atoms with van der Waals surface area (Å²) in [5, 5.41) is 3.55. The molecule has 1 aromatic carbocycles. The van der Waals surface area contributed by atoms with Gasteiger partial charge in [-0.15, -0.1) is 0 Å². The van der Waals surface area contributed by atoms with Gasteiger partial charge in [-0.25, -0.2) is 0 Å². The average Bonchev–Trinajstić information content (AvgIpc) is 2.41. The summed E-state index contributed by atoms with van der Waals surface area (Å²) in [6, 6.07) is 9.80. The first-order chi connectivity index (χ1) is 9.10. The van der Waals surface area contributed by atoms with Crippen LogP contribution < -0.4 is 5.32 Å². The molecule has 0 spiro atoms. The van der Waals surface area contributed by atoms with E-state index < -0.39 is 0 Å². The third-order valence-corrected chi connectivity index (χ3v) is 4.96. The monoisotopic (exact) mass is 259 g/mol. The number of hydrogen-bond donors (Lipinski definition) is 1. The van der Waals surface area contributed by atoms with Crippen molar-refractivity contribution in [2.75, 3.05) is 7.05 Å². The van der Waals surface area contributed by atoms with Crippen LogP contribution in [-0.2, 0) is 6.42 Å². The van der Waals surface area contributed by atoms with Crippen LogP contribution in [0.2, 0.25) is 0 Å². The molecule has 3 atom stereocenters. The maximum absolute atomic E-state index is 3.55. The molecule has 0 saturated heterocycles. The minimum Gasteiger partial charge on any atom is -0.317 e.